The second-order valence-corrected chi connectivity index (χ2v) is 8.53. The van der Waals surface area contributed by atoms with Crippen LogP contribution in [0.2, 0.25) is 0 Å². The van der Waals surface area contributed by atoms with Crippen molar-refractivity contribution < 1.29 is 26.4 Å². The summed E-state index contributed by atoms with van der Waals surface area (Å²) in [5.74, 6) is -0.508. The Labute approximate surface area is 161 Å². The Balaban J connectivity index is 1.59. The first-order valence-corrected chi connectivity index (χ1v) is 10.1. The summed E-state index contributed by atoms with van der Waals surface area (Å²) in [6.45, 7) is -1.08. The molecule has 1 aliphatic heterocycles. The van der Waals surface area contributed by atoms with Gasteiger partial charge in [0.15, 0.2) is 0 Å². The molecule has 0 saturated carbocycles. The van der Waals surface area contributed by atoms with Crippen molar-refractivity contribution in [3.63, 3.8) is 0 Å². The van der Waals surface area contributed by atoms with Crippen molar-refractivity contribution in [2.75, 3.05) is 37.5 Å². The van der Waals surface area contributed by atoms with E-state index in [-0.39, 0.29) is 24.5 Å². The van der Waals surface area contributed by atoms with Crippen molar-refractivity contribution in [1.82, 2.24) is 10.2 Å². The number of alkyl halides is 3. The number of carbonyl (C=O) groups excluding carboxylic acids is 1. The third-order valence-electron chi connectivity index (χ3n) is 4.46. The molecule has 6 nitrogen and oxygen atoms in total. The van der Waals surface area contributed by atoms with Crippen molar-refractivity contribution in [2.24, 2.45) is 0 Å². The van der Waals surface area contributed by atoms with Crippen LogP contribution in [0.3, 0.4) is 0 Å². The third-order valence-corrected chi connectivity index (χ3v) is 6.26. The highest BCUT2D eigenvalue weighted by Gasteiger charge is 2.36. The number of halogens is 3. The Morgan fingerprint density at radius 3 is 2.54 bits per heavy atom. The summed E-state index contributed by atoms with van der Waals surface area (Å²) in [7, 11) is -2.47. The highest BCUT2D eigenvalue weighted by Crippen LogP contribution is 2.41. The maximum absolute atomic E-state index is 12.8. The minimum absolute atomic E-state index is 0.159. The maximum atomic E-state index is 12.8. The first-order chi connectivity index (χ1) is 13.1. The number of benzene rings is 2. The standard InChI is InChI=1S/C18H20F3N3O3S/c1-23(12-18(19,20)21)10-4-9-22-16(25)11-24-14-7-2-5-13-6-3-8-15(17(13)14)28(24,26)27/h2-3,5-8H,4,9-12H2,1H3,(H,22,25). The maximum Gasteiger partial charge on any atom is 0.401 e. The minimum Gasteiger partial charge on any atom is -0.354 e. The van der Waals surface area contributed by atoms with E-state index in [4.69, 9.17) is 0 Å². The van der Waals surface area contributed by atoms with E-state index < -0.39 is 28.7 Å². The Morgan fingerprint density at radius 2 is 1.86 bits per heavy atom. The van der Waals surface area contributed by atoms with E-state index in [2.05, 4.69) is 5.32 Å². The topological polar surface area (TPSA) is 69.7 Å². The zero-order valence-electron chi connectivity index (χ0n) is 15.2. The van der Waals surface area contributed by atoms with Crippen LogP contribution in [-0.4, -0.2) is 58.6 Å². The first kappa shape index (κ1) is 20.4. The second-order valence-electron chi connectivity index (χ2n) is 6.70. The molecule has 1 amide bonds. The lowest BCUT2D eigenvalue weighted by Gasteiger charge is -2.20. The van der Waals surface area contributed by atoms with Crippen molar-refractivity contribution in [2.45, 2.75) is 17.5 Å². The van der Waals surface area contributed by atoms with Crippen LogP contribution in [0.1, 0.15) is 6.42 Å². The summed E-state index contributed by atoms with van der Waals surface area (Å²) in [5.41, 5.74) is 0.452. The summed E-state index contributed by atoms with van der Waals surface area (Å²) in [6, 6.07) is 10.1. The van der Waals surface area contributed by atoms with Gasteiger partial charge in [-0.25, -0.2) is 8.42 Å². The number of hydrogen-bond acceptors (Lipinski definition) is 4. The molecule has 28 heavy (non-hydrogen) atoms. The number of amides is 1. The first-order valence-electron chi connectivity index (χ1n) is 8.66. The van der Waals surface area contributed by atoms with Crippen LogP contribution in [0.5, 0.6) is 0 Å². The zero-order chi connectivity index (χ0) is 20.5. The average Bonchev–Trinajstić information content (AvgIpc) is 2.81. The van der Waals surface area contributed by atoms with Gasteiger partial charge in [0.1, 0.15) is 6.54 Å². The molecule has 1 heterocycles. The molecular weight excluding hydrogens is 395 g/mol. The molecule has 152 valence electrons. The van der Waals surface area contributed by atoms with Gasteiger partial charge in [0.25, 0.3) is 10.0 Å². The molecule has 0 aromatic heterocycles. The van der Waals surface area contributed by atoms with Gasteiger partial charge < -0.3 is 5.32 Å². The molecule has 1 aliphatic rings. The van der Waals surface area contributed by atoms with Gasteiger partial charge in [-0.1, -0.05) is 24.3 Å². The Bertz CT molecular complexity index is 987. The van der Waals surface area contributed by atoms with Crippen LogP contribution < -0.4 is 9.62 Å². The van der Waals surface area contributed by atoms with E-state index in [1.807, 2.05) is 0 Å². The molecular formula is C18H20F3N3O3S. The number of sulfonamides is 1. The molecule has 0 aliphatic carbocycles. The molecule has 2 aromatic rings. The smallest absolute Gasteiger partial charge is 0.354 e. The molecule has 0 spiro atoms. The van der Waals surface area contributed by atoms with Crippen LogP contribution in [0.15, 0.2) is 41.3 Å². The number of carbonyl (C=O) groups is 1. The lowest BCUT2D eigenvalue weighted by molar-refractivity contribution is -0.143. The Hall–Kier alpha value is -2.33. The Kier molecular flexibility index (Phi) is 5.53. The van der Waals surface area contributed by atoms with Gasteiger partial charge in [0.2, 0.25) is 5.91 Å². The third kappa shape index (κ3) is 4.22. The summed E-state index contributed by atoms with van der Waals surface area (Å²) in [6.07, 6.45) is -3.95. The van der Waals surface area contributed by atoms with Crippen LogP contribution >= 0.6 is 0 Å². The van der Waals surface area contributed by atoms with E-state index in [9.17, 15) is 26.4 Å². The molecule has 0 radical (unpaired) electrons. The second kappa shape index (κ2) is 7.59. The van der Waals surface area contributed by atoms with Crippen molar-refractivity contribution in [3.05, 3.63) is 36.4 Å². The van der Waals surface area contributed by atoms with Gasteiger partial charge in [0.05, 0.1) is 17.1 Å². The lowest BCUT2D eigenvalue weighted by atomic mass is 10.1. The summed E-state index contributed by atoms with van der Waals surface area (Å²) < 4.78 is 63.5. The number of nitrogens with one attached hydrogen (secondary N) is 1. The van der Waals surface area contributed by atoms with Crippen molar-refractivity contribution in [3.8, 4) is 0 Å². The number of hydrogen-bond donors (Lipinski definition) is 1. The van der Waals surface area contributed by atoms with E-state index in [1.165, 1.54) is 13.1 Å². The van der Waals surface area contributed by atoms with Crippen LogP contribution in [0.25, 0.3) is 10.8 Å². The molecule has 0 fully saturated rings. The van der Waals surface area contributed by atoms with Crippen LogP contribution in [-0.2, 0) is 14.8 Å². The zero-order valence-corrected chi connectivity index (χ0v) is 16.0. The lowest BCUT2D eigenvalue weighted by Crippen LogP contribution is -2.40. The minimum atomic E-state index is -4.27. The fourth-order valence-corrected chi connectivity index (χ4v) is 4.94. The van der Waals surface area contributed by atoms with Gasteiger partial charge in [-0.2, -0.15) is 13.2 Å². The highest BCUT2D eigenvalue weighted by atomic mass is 32.2. The van der Waals surface area contributed by atoms with E-state index in [1.54, 1.807) is 30.3 Å². The van der Waals surface area contributed by atoms with Gasteiger partial charge in [-0.15, -0.1) is 0 Å². The fraction of sp³-hybridized carbons (Fsp3) is 0.389. The average molecular weight is 415 g/mol. The van der Waals surface area contributed by atoms with E-state index in [0.717, 1.165) is 14.6 Å². The quantitative estimate of drug-likeness (QED) is 0.705. The van der Waals surface area contributed by atoms with Crippen molar-refractivity contribution >= 4 is 32.4 Å². The summed E-state index contributed by atoms with van der Waals surface area (Å²) in [4.78, 5) is 13.5. The highest BCUT2D eigenvalue weighted by molar-refractivity contribution is 7.93. The normalized spacial score (nSPS) is 15.4. The van der Waals surface area contributed by atoms with Crippen LogP contribution in [0.4, 0.5) is 18.9 Å². The van der Waals surface area contributed by atoms with E-state index in [0.29, 0.717) is 17.5 Å². The van der Waals surface area contributed by atoms with Gasteiger partial charge in [0, 0.05) is 11.9 Å². The number of anilines is 1. The molecule has 10 heteroatoms. The molecule has 0 atom stereocenters. The predicted molar refractivity (Wildman–Crippen MR) is 99.7 cm³/mol. The van der Waals surface area contributed by atoms with Gasteiger partial charge in [-0.05, 0) is 37.5 Å². The summed E-state index contributed by atoms with van der Waals surface area (Å²) >= 11 is 0. The monoisotopic (exact) mass is 415 g/mol. The number of rotatable bonds is 7. The molecule has 0 bridgehead atoms. The molecule has 0 saturated heterocycles. The number of nitrogens with zero attached hydrogens (tertiary/aromatic N) is 2. The van der Waals surface area contributed by atoms with E-state index >= 15 is 0 Å². The van der Waals surface area contributed by atoms with Crippen LogP contribution in [0, 0.1) is 0 Å². The molecule has 3 rings (SSSR count). The largest absolute Gasteiger partial charge is 0.401 e. The molecule has 2 aromatic carbocycles. The fourth-order valence-electron chi connectivity index (χ4n) is 3.28. The van der Waals surface area contributed by atoms with Gasteiger partial charge >= 0.3 is 6.18 Å². The predicted octanol–water partition coefficient (Wildman–Crippen LogP) is 2.35. The molecule has 0 unspecified atom stereocenters. The molecule has 1 N–H and O–H groups in total. The van der Waals surface area contributed by atoms with Gasteiger partial charge in [-0.3, -0.25) is 14.0 Å². The SMILES string of the molecule is CN(CCCNC(=O)CN1c2cccc3cccc(c23)S1(=O)=O)CC(F)(F)F. The Morgan fingerprint density at radius 1 is 1.18 bits per heavy atom. The summed E-state index contributed by atoms with van der Waals surface area (Å²) in [5, 5.41) is 3.93. The van der Waals surface area contributed by atoms with Crippen molar-refractivity contribution in [1.29, 1.82) is 0 Å².